The first-order chi connectivity index (χ1) is 12.9. The van der Waals surface area contributed by atoms with Gasteiger partial charge in [-0.25, -0.2) is 4.79 Å². The van der Waals surface area contributed by atoms with Crippen LogP contribution in [-0.2, 0) is 11.3 Å². The first-order valence-electron chi connectivity index (χ1n) is 7.91. The summed E-state index contributed by atoms with van der Waals surface area (Å²) in [5.41, 5.74) is 1.75. The number of carbonyl (C=O) groups is 1. The van der Waals surface area contributed by atoms with Crippen LogP contribution in [0.1, 0.15) is 21.5 Å². The molecule has 0 amide bonds. The molecule has 0 radical (unpaired) electrons. The monoisotopic (exact) mass is 382 g/mol. The maximum atomic E-state index is 12.4. The van der Waals surface area contributed by atoms with Crippen LogP contribution >= 0.6 is 0 Å². The molecule has 0 heterocycles. The molecular weight excluding hydrogens is 362 g/mol. The summed E-state index contributed by atoms with van der Waals surface area (Å²) in [6, 6.07) is 7.33. The van der Waals surface area contributed by atoms with E-state index in [4.69, 9.17) is 18.9 Å². The Morgan fingerprint density at radius 1 is 0.926 bits per heavy atom. The highest BCUT2D eigenvalue weighted by molar-refractivity contribution is 5.90. The molecule has 2 aromatic carbocycles. The third-order valence-electron chi connectivity index (χ3n) is 3.82. The van der Waals surface area contributed by atoms with Gasteiger partial charge in [-0.05, 0) is 48.4 Å². The van der Waals surface area contributed by atoms with Crippen molar-refractivity contribution in [3.05, 3.63) is 47.0 Å². The van der Waals surface area contributed by atoms with E-state index in [1.165, 1.54) is 39.5 Å². The Hall–Kier alpha value is -3.03. The second-order valence-electron chi connectivity index (χ2n) is 5.45. The third kappa shape index (κ3) is 4.99. The molecule has 0 aliphatic heterocycles. The van der Waals surface area contributed by atoms with Crippen molar-refractivity contribution in [3.63, 3.8) is 0 Å². The van der Waals surface area contributed by atoms with Gasteiger partial charge in [-0.3, -0.25) is 0 Å². The number of aryl methyl sites for hydroxylation is 1. The van der Waals surface area contributed by atoms with Crippen molar-refractivity contribution < 1.29 is 37.3 Å². The van der Waals surface area contributed by atoms with E-state index in [1.54, 1.807) is 12.1 Å². The Morgan fingerprint density at radius 3 is 2.11 bits per heavy atom. The lowest BCUT2D eigenvalue weighted by molar-refractivity contribution is -0.0512. The van der Waals surface area contributed by atoms with Crippen LogP contribution in [-0.4, -0.2) is 33.9 Å². The van der Waals surface area contributed by atoms with Gasteiger partial charge in [-0.2, -0.15) is 8.78 Å². The molecule has 2 rings (SSSR count). The average molecular weight is 382 g/mol. The van der Waals surface area contributed by atoms with Gasteiger partial charge in [0.15, 0.2) is 23.0 Å². The van der Waals surface area contributed by atoms with Crippen molar-refractivity contribution in [3.8, 4) is 23.0 Å². The summed E-state index contributed by atoms with van der Waals surface area (Å²) in [5.74, 6) is 0.298. The maximum Gasteiger partial charge on any atom is 0.387 e. The Morgan fingerprint density at radius 2 is 1.52 bits per heavy atom. The van der Waals surface area contributed by atoms with E-state index < -0.39 is 12.6 Å². The zero-order chi connectivity index (χ0) is 20.0. The second kappa shape index (κ2) is 9.07. The van der Waals surface area contributed by atoms with E-state index in [9.17, 15) is 13.6 Å². The Bertz CT molecular complexity index is 807. The number of hydrogen-bond acceptors (Lipinski definition) is 6. The number of halogens is 2. The summed E-state index contributed by atoms with van der Waals surface area (Å²) < 4.78 is 49.8. The Balaban J connectivity index is 2.14. The lowest BCUT2D eigenvalue weighted by Gasteiger charge is -2.14. The topological polar surface area (TPSA) is 63.2 Å². The summed E-state index contributed by atoms with van der Waals surface area (Å²) in [4.78, 5) is 12.3. The Labute approximate surface area is 155 Å². The van der Waals surface area contributed by atoms with Gasteiger partial charge in [0.25, 0.3) is 0 Å². The number of alkyl halides is 2. The molecule has 0 aromatic heterocycles. The summed E-state index contributed by atoms with van der Waals surface area (Å²) in [6.07, 6.45) is 0. The first-order valence-corrected chi connectivity index (χ1v) is 7.91. The van der Waals surface area contributed by atoms with Crippen LogP contribution in [0.5, 0.6) is 23.0 Å². The van der Waals surface area contributed by atoms with Gasteiger partial charge in [0, 0.05) is 0 Å². The molecule has 0 spiro atoms. The quantitative estimate of drug-likeness (QED) is 0.644. The third-order valence-corrected chi connectivity index (χ3v) is 3.82. The molecule has 0 N–H and O–H groups in total. The van der Waals surface area contributed by atoms with Crippen LogP contribution in [0.2, 0.25) is 0 Å². The van der Waals surface area contributed by atoms with Crippen molar-refractivity contribution in [1.29, 1.82) is 0 Å². The molecule has 2 aromatic rings. The minimum atomic E-state index is -3.00. The van der Waals surface area contributed by atoms with Gasteiger partial charge in [0.1, 0.15) is 6.61 Å². The van der Waals surface area contributed by atoms with Gasteiger partial charge in [-0.15, -0.1) is 0 Å². The largest absolute Gasteiger partial charge is 0.493 e. The molecule has 6 nitrogen and oxygen atoms in total. The molecule has 0 aliphatic rings. The predicted octanol–water partition coefficient (Wildman–Crippen LogP) is 3.98. The number of carbonyl (C=O) groups excluding carboxylic acids is 1. The number of ether oxygens (including phenoxy) is 5. The average Bonchev–Trinajstić information content (AvgIpc) is 2.66. The fraction of sp³-hybridized carbons (Fsp3) is 0.316. The molecule has 0 saturated carbocycles. The number of esters is 1. The van der Waals surface area contributed by atoms with Crippen LogP contribution in [0.15, 0.2) is 30.3 Å². The summed E-state index contributed by atoms with van der Waals surface area (Å²) >= 11 is 0. The maximum absolute atomic E-state index is 12.4. The SMILES string of the molecule is COc1cc(C)c(COC(=O)c2ccc(OC(F)F)c(OC)c2)cc1OC. The van der Waals surface area contributed by atoms with E-state index >= 15 is 0 Å². The molecular formula is C19H20F2O6. The highest BCUT2D eigenvalue weighted by atomic mass is 19.3. The molecule has 8 heteroatoms. The highest BCUT2D eigenvalue weighted by Crippen LogP contribution is 2.32. The van der Waals surface area contributed by atoms with E-state index in [0.29, 0.717) is 11.5 Å². The molecule has 0 unspecified atom stereocenters. The van der Waals surface area contributed by atoms with Gasteiger partial charge in [-0.1, -0.05) is 0 Å². The van der Waals surface area contributed by atoms with Crippen molar-refractivity contribution in [2.75, 3.05) is 21.3 Å². The van der Waals surface area contributed by atoms with E-state index in [0.717, 1.165) is 11.1 Å². The molecule has 0 bridgehead atoms. The van der Waals surface area contributed by atoms with Gasteiger partial charge < -0.3 is 23.7 Å². The second-order valence-corrected chi connectivity index (χ2v) is 5.45. The summed E-state index contributed by atoms with van der Waals surface area (Å²) in [5, 5.41) is 0. The van der Waals surface area contributed by atoms with Gasteiger partial charge in [0.05, 0.1) is 26.9 Å². The van der Waals surface area contributed by atoms with Crippen LogP contribution in [0.4, 0.5) is 8.78 Å². The summed E-state index contributed by atoms with van der Waals surface area (Å²) in [6.45, 7) is -1.14. The molecule has 0 saturated heterocycles. The van der Waals surface area contributed by atoms with Crippen molar-refractivity contribution in [2.24, 2.45) is 0 Å². The minimum absolute atomic E-state index is 0.00260. The van der Waals surface area contributed by atoms with Crippen LogP contribution < -0.4 is 18.9 Å². The normalized spacial score (nSPS) is 10.5. The van der Waals surface area contributed by atoms with Crippen LogP contribution in [0.25, 0.3) is 0 Å². The van der Waals surface area contributed by atoms with E-state index in [-0.39, 0.29) is 23.7 Å². The molecule has 0 fully saturated rings. The number of benzene rings is 2. The standard InChI is InChI=1S/C19H20F2O6/c1-11-7-15(23-2)17(25-4)9-13(11)10-26-18(22)12-5-6-14(27-19(20)21)16(8-12)24-3/h5-9,19H,10H2,1-4H3. The van der Waals surface area contributed by atoms with Crippen molar-refractivity contribution in [2.45, 2.75) is 20.1 Å². The highest BCUT2D eigenvalue weighted by Gasteiger charge is 2.16. The van der Waals surface area contributed by atoms with E-state index in [1.807, 2.05) is 6.92 Å². The lowest BCUT2D eigenvalue weighted by Crippen LogP contribution is -2.08. The molecule has 146 valence electrons. The Kier molecular flexibility index (Phi) is 6.81. The number of methoxy groups -OCH3 is 3. The molecule has 0 atom stereocenters. The zero-order valence-corrected chi connectivity index (χ0v) is 15.4. The fourth-order valence-electron chi connectivity index (χ4n) is 2.39. The van der Waals surface area contributed by atoms with Crippen molar-refractivity contribution in [1.82, 2.24) is 0 Å². The van der Waals surface area contributed by atoms with Crippen LogP contribution in [0, 0.1) is 6.92 Å². The fourth-order valence-corrected chi connectivity index (χ4v) is 2.39. The minimum Gasteiger partial charge on any atom is -0.493 e. The lowest BCUT2D eigenvalue weighted by atomic mass is 10.1. The molecule has 27 heavy (non-hydrogen) atoms. The van der Waals surface area contributed by atoms with Gasteiger partial charge >= 0.3 is 12.6 Å². The zero-order valence-electron chi connectivity index (χ0n) is 15.4. The molecule has 0 aliphatic carbocycles. The summed E-state index contributed by atoms with van der Waals surface area (Å²) in [7, 11) is 4.33. The smallest absolute Gasteiger partial charge is 0.387 e. The van der Waals surface area contributed by atoms with Crippen LogP contribution in [0.3, 0.4) is 0 Å². The van der Waals surface area contributed by atoms with Crippen molar-refractivity contribution >= 4 is 5.97 Å². The first kappa shape index (κ1) is 20.3. The van der Waals surface area contributed by atoms with Gasteiger partial charge in [0.2, 0.25) is 0 Å². The predicted molar refractivity (Wildman–Crippen MR) is 93.0 cm³/mol. The number of hydrogen-bond donors (Lipinski definition) is 0. The van der Waals surface area contributed by atoms with E-state index in [2.05, 4.69) is 4.74 Å². The number of rotatable bonds is 8.